The molecule has 0 fully saturated rings. The van der Waals surface area contributed by atoms with Crippen LogP contribution in [0.3, 0.4) is 0 Å². The molecule has 0 saturated heterocycles. The maximum Gasteiger partial charge on any atom is 0.0569 e. The van der Waals surface area contributed by atoms with E-state index < -0.39 is 0 Å². The molecule has 2 heteroatoms. The molecule has 7 aromatic carbocycles. The van der Waals surface area contributed by atoms with Crippen LogP contribution in [0.4, 0.5) is 28.4 Å². The van der Waals surface area contributed by atoms with E-state index in [2.05, 4.69) is 210 Å². The fourth-order valence-corrected chi connectivity index (χ4v) is 7.39. The Hall–Kier alpha value is -5.86. The first-order valence-electron chi connectivity index (χ1n) is 18.4. The highest BCUT2D eigenvalue weighted by Crippen LogP contribution is 2.47. The van der Waals surface area contributed by atoms with Crippen molar-refractivity contribution >= 4 is 50.0 Å². The average Bonchev–Trinajstić information content (AvgIpc) is 3.16. The molecule has 0 radical (unpaired) electrons. The second kappa shape index (κ2) is 14.8. The molecule has 0 aliphatic rings. The molecule has 0 bridgehead atoms. The molecule has 0 heterocycles. The van der Waals surface area contributed by atoms with E-state index in [0.717, 1.165) is 17.9 Å². The van der Waals surface area contributed by atoms with Crippen LogP contribution in [0, 0.1) is 34.6 Å². The van der Waals surface area contributed by atoms with E-state index in [4.69, 9.17) is 0 Å². The Morgan fingerprint density at radius 1 is 0.500 bits per heavy atom. The Morgan fingerprint density at radius 3 is 1.37 bits per heavy atom. The van der Waals surface area contributed by atoms with Crippen molar-refractivity contribution in [1.29, 1.82) is 0 Å². The summed E-state index contributed by atoms with van der Waals surface area (Å²) in [6, 6.07) is 49.4. The lowest BCUT2D eigenvalue weighted by Gasteiger charge is -2.30. The largest absolute Gasteiger partial charge is 0.337 e. The zero-order chi connectivity index (χ0) is 36.4. The SMILES string of the molecule is C/C=C(C)\C=C/CN(c1ccc(C)cc1)c1c(C)cc(-c2cc(C)c(N(c3ccc(C)cc3)c3ccc(C)cc3)c3ccccc23)c2ccccc12. The van der Waals surface area contributed by atoms with Gasteiger partial charge >= 0.3 is 0 Å². The van der Waals surface area contributed by atoms with Crippen molar-refractivity contribution in [3.63, 3.8) is 0 Å². The number of hydrogen-bond donors (Lipinski definition) is 0. The van der Waals surface area contributed by atoms with Crippen molar-refractivity contribution in [1.82, 2.24) is 0 Å². The van der Waals surface area contributed by atoms with E-state index in [1.165, 1.54) is 83.1 Å². The van der Waals surface area contributed by atoms with Crippen molar-refractivity contribution in [3.8, 4) is 11.1 Å². The van der Waals surface area contributed by atoms with Gasteiger partial charge in [0.25, 0.3) is 0 Å². The highest BCUT2D eigenvalue weighted by molar-refractivity contribution is 6.14. The van der Waals surface area contributed by atoms with Gasteiger partial charge in [0.15, 0.2) is 0 Å². The lowest BCUT2D eigenvalue weighted by Crippen LogP contribution is -2.18. The zero-order valence-electron chi connectivity index (χ0n) is 31.5. The van der Waals surface area contributed by atoms with Crippen LogP contribution < -0.4 is 9.80 Å². The summed E-state index contributed by atoms with van der Waals surface area (Å²) >= 11 is 0. The van der Waals surface area contributed by atoms with Crippen molar-refractivity contribution in [3.05, 3.63) is 185 Å². The smallest absolute Gasteiger partial charge is 0.0569 e. The molecule has 0 unspecified atom stereocenters. The molecular weight excluding hydrogens is 629 g/mol. The molecule has 0 amide bonds. The molecule has 52 heavy (non-hydrogen) atoms. The number of anilines is 5. The summed E-state index contributed by atoms with van der Waals surface area (Å²) in [4.78, 5) is 4.89. The summed E-state index contributed by atoms with van der Waals surface area (Å²) in [5, 5.41) is 4.97. The molecule has 2 nitrogen and oxygen atoms in total. The predicted octanol–water partition coefficient (Wildman–Crippen LogP) is 14.3. The fourth-order valence-electron chi connectivity index (χ4n) is 7.39. The summed E-state index contributed by atoms with van der Waals surface area (Å²) < 4.78 is 0. The van der Waals surface area contributed by atoms with Crippen molar-refractivity contribution < 1.29 is 0 Å². The van der Waals surface area contributed by atoms with Crippen LogP contribution in [0.15, 0.2) is 157 Å². The van der Waals surface area contributed by atoms with Gasteiger partial charge in [-0.15, -0.1) is 0 Å². The van der Waals surface area contributed by atoms with Gasteiger partial charge in [0.05, 0.1) is 11.4 Å². The summed E-state index contributed by atoms with van der Waals surface area (Å²) in [5.41, 5.74) is 15.9. The van der Waals surface area contributed by atoms with E-state index in [0.29, 0.717) is 0 Å². The molecule has 0 aliphatic carbocycles. The quantitative estimate of drug-likeness (QED) is 0.140. The molecular formula is C50H48N2. The van der Waals surface area contributed by atoms with E-state index >= 15 is 0 Å². The molecule has 0 aromatic heterocycles. The first-order chi connectivity index (χ1) is 25.2. The van der Waals surface area contributed by atoms with Gasteiger partial charge < -0.3 is 9.80 Å². The molecule has 0 spiro atoms. The third-order valence-electron chi connectivity index (χ3n) is 10.3. The number of benzene rings is 7. The Bertz CT molecular complexity index is 2380. The van der Waals surface area contributed by atoms with E-state index in [1.807, 2.05) is 0 Å². The lowest BCUT2D eigenvalue weighted by atomic mass is 9.88. The van der Waals surface area contributed by atoms with Gasteiger partial charge in [-0.3, -0.25) is 0 Å². The van der Waals surface area contributed by atoms with Crippen LogP contribution in [-0.4, -0.2) is 6.54 Å². The molecule has 7 rings (SSSR count). The third kappa shape index (κ3) is 6.77. The van der Waals surface area contributed by atoms with Gasteiger partial charge in [-0.2, -0.15) is 0 Å². The molecule has 7 aromatic rings. The van der Waals surface area contributed by atoms with Crippen LogP contribution in [0.1, 0.15) is 41.7 Å². The van der Waals surface area contributed by atoms with E-state index in [1.54, 1.807) is 0 Å². The minimum absolute atomic E-state index is 0.767. The monoisotopic (exact) mass is 676 g/mol. The summed E-state index contributed by atoms with van der Waals surface area (Å²) in [5.74, 6) is 0. The van der Waals surface area contributed by atoms with Gasteiger partial charge in [-0.1, -0.05) is 125 Å². The molecule has 0 atom stereocenters. The second-order valence-electron chi connectivity index (χ2n) is 14.2. The maximum atomic E-state index is 2.47. The number of fused-ring (bicyclic) bond motifs is 2. The van der Waals surface area contributed by atoms with Crippen LogP contribution in [0.2, 0.25) is 0 Å². The number of rotatable bonds is 9. The molecule has 258 valence electrons. The highest BCUT2D eigenvalue weighted by Gasteiger charge is 2.23. The Balaban J connectivity index is 1.45. The van der Waals surface area contributed by atoms with Gasteiger partial charge in [-0.05, 0) is 130 Å². The predicted molar refractivity (Wildman–Crippen MR) is 227 cm³/mol. The fraction of sp³-hybridized carbons (Fsp3) is 0.160. The van der Waals surface area contributed by atoms with Crippen LogP contribution in [-0.2, 0) is 0 Å². The first-order valence-corrected chi connectivity index (χ1v) is 18.4. The minimum Gasteiger partial charge on any atom is -0.337 e. The molecule has 0 aliphatic heterocycles. The number of hydrogen-bond acceptors (Lipinski definition) is 2. The second-order valence-corrected chi connectivity index (χ2v) is 14.2. The Morgan fingerprint density at radius 2 is 0.904 bits per heavy atom. The Labute approximate surface area is 310 Å². The minimum atomic E-state index is 0.767. The van der Waals surface area contributed by atoms with Gasteiger partial charge in [0.1, 0.15) is 0 Å². The zero-order valence-corrected chi connectivity index (χ0v) is 31.5. The third-order valence-corrected chi connectivity index (χ3v) is 10.3. The lowest BCUT2D eigenvalue weighted by molar-refractivity contribution is 1.09. The van der Waals surface area contributed by atoms with Gasteiger partial charge in [0, 0.05) is 34.4 Å². The molecule has 0 saturated carbocycles. The summed E-state index contributed by atoms with van der Waals surface area (Å²) in [6.07, 6.45) is 6.65. The van der Waals surface area contributed by atoms with Gasteiger partial charge in [0.2, 0.25) is 0 Å². The standard InChI is InChI=1S/C50H48N2/c1-8-34(2)14-13-31-51(40-25-19-35(3)20-26-40)49-38(6)32-47(43-15-9-11-17-45(43)49)48-33-39(7)50(46-18-12-10-16-44(46)48)52(41-27-21-36(4)22-28-41)42-29-23-37(5)24-30-42/h8-30,32-33H,31H2,1-7H3/b14-13-,34-8-. The topological polar surface area (TPSA) is 6.48 Å². The van der Waals surface area contributed by atoms with Gasteiger partial charge in [-0.25, -0.2) is 0 Å². The first kappa shape index (κ1) is 34.6. The van der Waals surface area contributed by atoms with Crippen molar-refractivity contribution in [2.45, 2.75) is 48.5 Å². The number of nitrogens with zero attached hydrogens (tertiary/aromatic N) is 2. The van der Waals surface area contributed by atoms with Crippen LogP contribution >= 0.6 is 0 Å². The average molecular weight is 677 g/mol. The van der Waals surface area contributed by atoms with Crippen LogP contribution in [0.5, 0.6) is 0 Å². The molecule has 0 N–H and O–H groups in total. The van der Waals surface area contributed by atoms with Crippen LogP contribution in [0.25, 0.3) is 32.7 Å². The highest BCUT2D eigenvalue weighted by atomic mass is 15.1. The van der Waals surface area contributed by atoms with E-state index in [9.17, 15) is 0 Å². The normalized spacial score (nSPS) is 11.9. The maximum absolute atomic E-state index is 2.47. The Kier molecular flexibility index (Phi) is 9.83. The van der Waals surface area contributed by atoms with Crippen molar-refractivity contribution in [2.24, 2.45) is 0 Å². The number of allylic oxidation sites excluding steroid dienone is 3. The summed E-state index contributed by atoms with van der Waals surface area (Å²) in [7, 11) is 0. The van der Waals surface area contributed by atoms with Crippen molar-refractivity contribution in [2.75, 3.05) is 16.3 Å². The number of aryl methyl sites for hydroxylation is 5. The van der Waals surface area contributed by atoms with E-state index in [-0.39, 0.29) is 0 Å². The summed E-state index contributed by atoms with van der Waals surface area (Å²) in [6.45, 7) is 16.0.